The molecule has 0 saturated carbocycles. The van der Waals surface area contributed by atoms with Gasteiger partial charge in [0.1, 0.15) is 0 Å². The maximum atomic E-state index is 11.8. The van der Waals surface area contributed by atoms with Crippen LogP contribution in [0.1, 0.15) is 22.6 Å². The van der Waals surface area contributed by atoms with Gasteiger partial charge < -0.3 is 20.4 Å². The fraction of sp³-hybridized carbons (Fsp3) is 0.417. The third-order valence-corrected chi connectivity index (χ3v) is 6.93. The zero-order chi connectivity index (χ0) is 22.4. The van der Waals surface area contributed by atoms with Crippen molar-refractivity contribution in [1.29, 1.82) is 0 Å². The highest BCUT2D eigenvalue weighted by molar-refractivity contribution is 7.11. The van der Waals surface area contributed by atoms with E-state index in [1.165, 1.54) is 0 Å². The van der Waals surface area contributed by atoms with Gasteiger partial charge in [-0.2, -0.15) is 0 Å². The van der Waals surface area contributed by atoms with E-state index in [9.17, 15) is 9.59 Å². The first-order chi connectivity index (χ1) is 15.7. The van der Waals surface area contributed by atoms with Crippen LogP contribution in [0.25, 0.3) is 12.2 Å². The van der Waals surface area contributed by atoms with Gasteiger partial charge in [0, 0.05) is 61.2 Å². The molecule has 1 aliphatic heterocycles. The standard InChI is InChI=1S/C24H32N4O2S2/c29-23(9-7-21-5-1-19-31-21)25-11-3-13-27-15-17-28(18-16-27)14-4-12-26-24(30)10-8-22-6-2-20-32-22/h1-2,5-10,19-20H,3-4,11-18H2,(H,25,29)(H,26,30)/b9-7+,10-8+. The number of thiophene rings is 2. The smallest absolute Gasteiger partial charge is 0.244 e. The number of nitrogens with zero attached hydrogens (tertiary/aromatic N) is 2. The van der Waals surface area contributed by atoms with E-state index in [2.05, 4.69) is 20.4 Å². The van der Waals surface area contributed by atoms with Gasteiger partial charge in [-0.15, -0.1) is 22.7 Å². The van der Waals surface area contributed by atoms with Gasteiger partial charge >= 0.3 is 0 Å². The SMILES string of the molecule is O=C(/C=C/c1cccs1)NCCCN1CCN(CCCNC(=O)/C=C/c2cccs2)CC1. The summed E-state index contributed by atoms with van der Waals surface area (Å²) in [6, 6.07) is 7.95. The first-order valence-corrected chi connectivity index (χ1v) is 12.9. The van der Waals surface area contributed by atoms with Crippen molar-refractivity contribution in [3.05, 3.63) is 56.9 Å². The highest BCUT2D eigenvalue weighted by Gasteiger charge is 2.15. The van der Waals surface area contributed by atoms with Gasteiger partial charge in [0.15, 0.2) is 0 Å². The molecule has 172 valence electrons. The van der Waals surface area contributed by atoms with Crippen molar-refractivity contribution in [2.45, 2.75) is 12.8 Å². The molecule has 1 fully saturated rings. The molecule has 8 heteroatoms. The Morgan fingerprint density at radius 1 is 0.781 bits per heavy atom. The van der Waals surface area contributed by atoms with E-state index < -0.39 is 0 Å². The molecule has 1 saturated heterocycles. The fourth-order valence-electron chi connectivity index (χ4n) is 3.47. The van der Waals surface area contributed by atoms with Gasteiger partial charge in [0.2, 0.25) is 11.8 Å². The van der Waals surface area contributed by atoms with E-state index in [0.717, 1.165) is 61.9 Å². The minimum atomic E-state index is -0.0303. The molecular weight excluding hydrogens is 440 g/mol. The van der Waals surface area contributed by atoms with Crippen molar-refractivity contribution in [2.24, 2.45) is 0 Å². The Balaban J connectivity index is 1.17. The number of carbonyl (C=O) groups is 2. The van der Waals surface area contributed by atoms with Crippen LogP contribution in [-0.4, -0.2) is 74.0 Å². The topological polar surface area (TPSA) is 64.7 Å². The third kappa shape index (κ3) is 9.48. The van der Waals surface area contributed by atoms with Gasteiger partial charge in [-0.1, -0.05) is 12.1 Å². The van der Waals surface area contributed by atoms with Crippen molar-refractivity contribution in [1.82, 2.24) is 20.4 Å². The lowest BCUT2D eigenvalue weighted by Crippen LogP contribution is -2.47. The molecule has 6 nitrogen and oxygen atoms in total. The number of nitrogens with one attached hydrogen (secondary N) is 2. The van der Waals surface area contributed by atoms with Crippen LogP contribution in [-0.2, 0) is 9.59 Å². The Hall–Kier alpha value is -2.26. The van der Waals surface area contributed by atoms with Gasteiger partial charge in [0.05, 0.1) is 0 Å². The Bertz CT molecular complexity index is 782. The molecule has 0 bridgehead atoms. The van der Waals surface area contributed by atoms with Crippen molar-refractivity contribution in [3.8, 4) is 0 Å². The molecule has 0 aliphatic carbocycles. The molecule has 2 amide bonds. The molecule has 0 aromatic carbocycles. The van der Waals surface area contributed by atoms with Gasteiger partial charge in [-0.05, 0) is 61.0 Å². The molecule has 3 heterocycles. The maximum Gasteiger partial charge on any atom is 0.244 e. The fourth-order valence-corrected chi connectivity index (χ4v) is 4.71. The van der Waals surface area contributed by atoms with E-state index in [0.29, 0.717) is 13.1 Å². The number of hydrogen-bond donors (Lipinski definition) is 2. The molecule has 2 aromatic rings. The Labute approximate surface area is 198 Å². The van der Waals surface area contributed by atoms with E-state index in [4.69, 9.17) is 0 Å². The summed E-state index contributed by atoms with van der Waals surface area (Å²) in [5.74, 6) is -0.0605. The second kappa shape index (κ2) is 14.0. The predicted octanol–water partition coefficient (Wildman–Crippen LogP) is 3.17. The summed E-state index contributed by atoms with van der Waals surface area (Å²) in [6.45, 7) is 7.66. The second-order valence-corrected chi connectivity index (χ2v) is 9.63. The molecule has 3 rings (SSSR count). The van der Waals surface area contributed by atoms with Crippen molar-refractivity contribution >= 4 is 46.6 Å². The van der Waals surface area contributed by atoms with E-state index in [1.54, 1.807) is 34.8 Å². The first kappa shape index (κ1) is 24.4. The Kier molecular flexibility index (Phi) is 10.7. The molecule has 0 unspecified atom stereocenters. The lowest BCUT2D eigenvalue weighted by atomic mass is 10.2. The molecule has 0 spiro atoms. The van der Waals surface area contributed by atoms with Crippen LogP contribution in [0.15, 0.2) is 47.2 Å². The maximum absolute atomic E-state index is 11.8. The average Bonchev–Trinajstić information content (AvgIpc) is 3.52. The summed E-state index contributed by atoms with van der Waals surface area (Å²) in [6.07, 6.45) is 8.84. The summed E-state index contributed by atoms with van der Waals surface area (Å²) < 4.78 is 0. The zero-order valence-electron chi connectivity index (χ0n) is 18.4. The number of amides is 2. The molecule has 0 atom stereocenters. The highest BCUT2D eigenvalue weighted by Crippen LogP contribution is 2.10. The van der Waals surface area contributed by atoms with E-state index >= 15 is 0 Å². The largest absolute Gasteiger partial charge is 0.353 e. The quantitative estimate of drug-likeness (QED) is 0.368. The number of rotatable bonds is 12. The van der Waals surface area contributed by atoms with Gasteiger partial charge in [0.25, 0.3) is 0 Å². The van der Waals surface area contributed by atoms with Crippen LogP contribution in [0.4, 0.5) is 0 Å². The summed E-state index contributed by atoms with van der Waals surface area (Å²) in [4.78, 5) is 30.8. The summed E-state index contributed by atoms with van der Waals surface area (Å²) in [5, 5.41) is 9.92. The Morgan fingerprint density at radius 2 is 1.22 bits per heavy atom. The summed E-state index contributed by atoms with van der Waals surface area (Å²) in [5.41, 5.74) is 0. The van der Waals surface area contributed by atoms with Crippen molar-refractivity contribution in [2.75, 3.05) is 52.4 Å². The summed E-state index contributed by atoms with van der Waals surface area (Å²) >= 11 is 3.25. The molecule has 2 aromatic heterocycles. The number of hydrogen-bond acceptors (Lipinski definition) is 6. The van der Waals surface area contributed by atoms with E-state index in [-0.39, 0.29) is 11.8 Å². The molecular formula is C24H32N4O2S2. The van der Waals surface area contributed by atoms with Crippen molar-refractivity contribution in [3.63, 3.8) is 0 Å². The molecule has 32 heavy (non-hydrogen) atoms. The van der Waals surface area contributed by atoms with Crippen LogP contribution in [0.5, 0.6) is 0 Å². The normalized spacial score (nSPS) is 15.5. The monoisotopic (exact) mass is 472 g/mol. The van der Waals surface area contributed by atoms with Gasteiger partial charge in [-0.3, -0.25) is 9.59 Å². The van der Waals surface area contributed by atoms with Crippen LogP contribution in [0.2, 0.25) is 0 Å². The lowest BCUT2D eigenvalue weighted by molar-refractivity contribution is -0.117. The lowest BCUT2D eigenvalue weighted by Gasteiger charge is -2.34. The molecule has 0 radical (unpaired) electrons. The summed E-state index contributed by atoms with van der Waals surface area (Å²) in [7, 11) is 0. The third-order valence-electron chi connectivity index (χ3n) is 5.25. The average molecular weight is 473 g/mol. The zero-order valence-corrected chi connectivity index (χ0v) is 20.0. The minimum absolute atomic E-state index is 0.0303. The highest BCUT2D eigenvalue weighted by atomic mass is 32.1. The van der Waals surface area contributed by atoms with Crippen molar-refractivity contribution < 1.29 is 9.59 Å². The first-order valence-electron chi connectivity index (χ1n) is 11.1. The Morgan fingerprint density at radius 3 is 1.59 bits per heavy atom. The molecule has 2 N–H and O–H groups in total. The van der Waals surface area contributed by atoms with Crippen LogP contribution in [0, 0.1) is 0 Å². The van der Waals surface area contributed by atoms with Crippen LogP contribution in [0.3, 0.4) is 0 Å². The minimum Gasteiger partial charge on any atom is -0.353 e. The van der Waals surface area contributed by atoms with Gasteiger partial charge in [-0.25, -0.2) is 0 Å². The predicted molar refractivity (Wildman–Crippen MR) is 135 cm³/mol. The molecule has 1 aliphatic rings. The number of carbonyl (C=O) groups excluding carboxylic acids is 2. The van der Waals surface area contributed by atoms with Crippen LogP contribution >= 0.6 is 22.7 Å². The van der Waals surface area contributed by atoms with E-state index in [1.807, 2.05) is 47.2 Å². The van der Waals surface area contributed by atoms with Crippen LogP contribution < -0.4 is 10.6 Å². The second-order valence-electron chi connectivity index (χ2n) is 7.67. The number of piperazine rings is 1.